The van der Waals surface area contributed by atoms with Gasteiger partial charge in [-0.15, -0.1) is 0 Å². The molecule has 0 aliphatic heterocycles. The summed E-state index contributed by atoms with van der Waals surface area (Å²) in [5, 5.41) is 5.01. The number of hydrogen-bond acceptors (Lipinski definition) is 3. The highest BCUT2D eigenvalue weighted by Gasteiger charge is 2.15. The van der Waals surface area contributed by atoms with Crippen molar-refractivity contribution >= 4 is 57.4 Å². The van der Waals surface area contributed by atoms with Crippen LogP contribution in [0, 0.1) is 3.57 Å². The Morgan fingerprint density at radius 2 is 1.70 bits per heavy atom. The Balaban J connectivity index is 2.01. The number of carbonyl (C=O) groups is 2. The summed E-state index contributed by atoms with van der Waals surface area (Å²) in [5.74, 6) is -1.58. The van der Waals surface area contributed by atoms with Crippen LogP contribution in [0.2, 0.25) is 5.15 Å². The van der Waals surface area contributed by atoms with Gasteiger partial charge in [-0.1, -0.05) is 11.6 Å². The van der Waals surface area contributed by atoms with Gasteiger partial charge >= 0.3 is 11.8 Å². The topological polar surface area (TPSA) is 71.1 Å². The van der Waals surface area contributed by atoms with Crippen molar-refractivity contribution < 1.29 is 9.59 Å². The second-order valence-electron chi connectivity index (χ2n) is 3.76. The molecule has 0 saturated heterocycles. The minimum atomic E-state index is -0.807. The van der Waals surface area contributed by atoms with E-state index in [9.17, 15) is 9.59 Å². The number of halogens is 2. The van der Waals surface area contributed by atoms with E-state index in [0.717, 1.165) is 3.57 Å². The zero-order valence-corrected chi connectivity index (χ0v) is 13.0. The van der Waals surface area contributed by atoms with Gasteiger partial charge in [-0.05, 0) is 59.0 Å². The van der Waals surface area contributed by atoms with Gasteiger partial charge in [0.1, 0.15) is 0 Å². The quantitative estimate of drug-likeness (QED) is 0.462. The third kappa shape index (κ3) is 3.91. The zero-order valence-electron chi connectivity index (χ0n) is 10.1. The summed E-state index contributed by atoms with van der Waals surface area (Å²) in [4.78, 5) is 27.3. The first kappa shape index (κ1) is 14.7. The number of amides is 2. The second-order valence-corrected chi connectivity index (χ2v) is 5.36. The number of nitrogens with zero attached hydrogens (tertiary/aromatic N) is 1. The standard InChI is InChI=1S/C13H9ClIN3O2/c14-11-10(2-1-7-16-11)18-13(20)12(19)17-9-5-3-8(15)4-6-9/h1-7H,(H,17,19)(H,18,20). The van der Waals surface area contributed by atoms with Crippen LogP contribution in [0.25, 0.3) is 0 Å². The molecule has 0 unspecified atom stereocenters. The van der Waals surface area contributed by atoms with Crippen LogP contribution in [-0.4, -0.2) is 16.8 Å². The first-order valence-corrected chi connectivity index (χ1v) is 7.00. The molecule has 0 spiro atoms. The summed E-state index contributed by atoms with van der Waals surface area (Å²) >= 11 is 7.94. The predicted octanol–water partition coefficient (Wildman–Crippen LogP) is 2.92. The molecule has 2 amide bonds. The maximum absolute atomic E-state index is 11.7. The lowest BCUT2D eigenvalue weighted by molar-refractivity contribution is -0.133. The van der Waals surface area contributed by atoms with Crippen LogP contribution >= 0.6 is 34.2 Å². The van der Waals surface area contributed by atoms with Gasteiger partial charge in [0.25, 0.3) is 0 Å². The molecule has 5 nitrogen and oxygen atoms in total. The highest BCUT2D eigenvalue weighted by Crippen LogP contribution is 2.17. The van der Waals surface area contributed by atoms with Gasteiger partial charge in [0.2, 0.25) is 0 Å². The molecule has 20 heavy (non-hydrogen) atoms. The highest BCUT2D eigenvalue weighted by molar-refractivity contribution is 14.1. The Morgan fingerprint density at radius 3 is 2.35 bits per heavy atom. The van der Waals surface area contributed by atoms with Crippen molar-refractivity contribution in [2.75, 3.05) is 10.6 Å². The van der Waals surface area contributed by atoms with E-state index in [1.165, 1.54) is 6.20 Å². The van der Waals surface area contributed by atoms with E-state index in [2.05, 4.69) is 38.2 Å². The molecule has 0 aliphatic carbocycles. The SMILES string of the molecule is O=C(Nc1ccc(I)cc1)C(=O)Nc1cccnc1Cl. The number of aromatic nitrogens is 1. The van der Waals surface area contributed by atoms with E-state index in [1.807, 2.05) is 12.1 Å². The Bertz CT molecular complexity index is 646. The summed E-state index contributed by atoms with van der Waals surface area (Å²) in [6.07, 6.45) is 1.49. The Morgan fingerprint density at radius 1 is 1.05 bits per heavy atom. The summed E-state index contributed by atoms with van der Waals surface area (Å²) in [6.45, 7) is 0. The average Bonchev–Trinajstić information content (AvgIpc) is 2.44. The number of pyridine rings is 1. The van der Waals surface area contributed by atoms with E-state index >= 15 is 0 Å². The predicted molar refractivity (Wildman–Crippen MR) is 85.7 cm³/mol. The number of nitrogens with one attached hydrogen (secondary N) is 2. The fraction of sp³-hybridized carbons (Fsp3) is 0. The highest BCUT2D eigenvalue weighted by atomic mass is 127. The van der Waals surface area contributed by atoms with Crippen molar-refractivity contribution in [1.29, 1.82) is 0 Å². The first-order valence-electron chi connectivity index (χ1n) is 5.54. The second kappa shape index (κ2) is 6.67. The van der Waals surface area contributed by atoms with Gasteiger partial charge < -0.3 is 10.6 Å². The number of anilines is 2. The third-order valence-corrected chi connectivity index (χ3v) is 3.34. The van der Waals surface area contributed by atoms with Crippen LogP contribution in [0.5, 0.6) is 0 Å². The number of rotatable bonds is 2. The third-order valence-electron chi connectivity index (χ3n) is 2.32. The van der Waals surface area contributed by atoms with Gasteiger partial charge in [-0.2, -0.15) is 0 Å². The molecule has 0 radical (unpaired) electrons. The maximum atomic E-state index is 11.7. The minimum Gasteiger partial charge on any atom is -0.318 e. The molecule has 1 aromatic carbocycles. The smallest absolute Gasteiger partial charge is 0.314 e. The van der Waals surface area contributed by atoms with Crippen molar-refractivity contribution in [3.05, 3.63) is 51.3 Å². The molecule has 2 aromatic rings. The molecule has 0 saturated carbocycles. The number of carbonyl (C=O) groups excluding carboxylic acids is 2. The molecule has 2 N–H and O–H groups in total. The van der Waals surface area contributed by atoms with Crippen LogP contribution in [0.4, 0.5) is 11.4 Å². The van der Waals surface area contributed by atoms with Crippen molar-refractivity contribution in [2.45, 2.75) is 0 Å². The van der Waals surface area contributed by atoms with Gasteiger partial charge in [-0.25, -0.2) is 4.98 Å². The van der Waals surface area contributed by atoms with Gasteiger partial charge in [0.15, 0.2) is 5.15 Å². The molecular weight excluding hydrogens is 393 g/mol. The van der Waals surface area contributed by atoms with Crippen LogP contribution in [0.15, 0.2) is 42.6 Å². The van der Waals surface area contributed by atoms with Gasteiger partial charge in [0.05, 0.1) is 5.69 Å². The summed E-state index contributed by atoms with van der Waals surface area (Å²) in [5.41, 5.74) is 0.833. The van der Waals surface area contributed by atoms with Crippen molar-refractivity contribution in [2.24, 2.45) is 0 Å². The molecule has 102 valence electrons. The molecular formula is C13H9ClIN3O2. The lowest BCUT2D eigenvalue weighted by Crippen LogP contribution is -2.29. The van der Waals surface area contributed by atoms with E-state index in [4.69, 9.17) is 11.6 Å². The average molecular weight is 402 g/mol. The molecule has 2 rings (SSSR count). The molecule has 0 fully saturated rings. The lowest BCUT2D eigenvalue weighted by atomic mass is 10.3. The summed E-state index contributed by atoms with van der Waals surface area (Å²) in [7, 11) is 0. The van der Waals surface area contributed by atoms with Crippen LogP contribution in [-0.2, 0) is 9.59 Å². The van der Waals surface area contributed by atoms with Crippen LogP contribution < -0.4 is 10.6 Å². The molecule has 1 aromatic heterocycles. The van der Waals surface area contributed by atoms with E-state index < -0.39 is 11.8 Å². The zero-order chi connectivity index (χ0) is 14.5. The Hall–Kier alpha value is -1.67. The van der Waals surface area contributed by atoms with E-state index in [-0.39, 0.29) is 10.8 Å². The molecule has 7 heteroatoms. The van der Waals surface area contributed by atoms with Gasteiger partial charge in [0, 0.05) is 15.5 Å². The monoisotopic (exact) mass is 401 g/mol. The Kier molecular flexibility index (Phi) is 4.91. The number of hydrogen-bond donors (Lipinski definition) is 2. The molecule has 0 aliphatic rings. The van der Waals surface area contributed by atoms with Crippen molar-refractivity contribution in [3.63, 3.8) is 0 Å². The summed E-state index contributed by atoms with van der Waals surface area (Å²) in [6, 6.07) is 10.2. The first-order chi connectivity index (χ1) is 9.56. The van der Waals surface area contributed by atoms with Crippen LogP contribution in [0.3, 0.4) is 0 Å². The largest absolute Gasteiger partial charge is 0.318 e. The Labute approximate surface area is 133 Å². The molecule has 0 atom stereocenters. The fourth-order valence-corrected chi connectivity index (χ4v) is 1.91. The molecule has 0 bridgehead atoms. The number of benzene rings is 1. The van der Waals surface area contributed by atoms with Crippen molar-refractivity contribution in [3.8, 4) is 0 Å². The van der Waals surface area contributed by atoms with Gasteiger partial charge in [-0.3, -0.25) is 9.59 Å². The van der Waals surface area contributed by atoms with E-state index in [0.29, 0.717) is 5.69 Å². The van der Waals surface area contributed by atoms with E-state index in [1.54, 1.807) is 24.3 Å². The van der Waals surface area contributed by atoms with Crippen LogP contribution in [0.1, 0.15) is 0 Å². The normalized spacial score (nSPS) is 9.90. The van der Waals surface area contributed by atoms with Crippen molar-refractivity contribution in [1.82, 2.24) is 4.98 Å². The maximum Gasteiger partial charge on any atom is 0.314 e. The minimum absolute atomic E-state index is 0.128. The molecule has 1 heterocycles. The fourth-order valence-electron chi connectivity index (χ4n) is 1.38. The lowest BCUT2D eigenvalue weighted by Gasteiger charge is -2.07. The summed E-state index contributed by atoms with van der Waals surface area (Å²) < 4.78 is 1.03.